The Labute approximate surface area is 497 Å². The second kappa shape index (κ2) is 33.3. The largest absolute Gasteiger partial charge is 0.497 e. The standard InChI is InChI=1S/C32H48N2O8S.C30H42N2O8S/c1-7-24(17-18-32(5)40-19-20-41-32)22-34(43(37,38)27-15-13-26(39-6)14-16-27)23-29(35)28(21-25-11-9-8-10-12-25)33-30(36)42-31(2,3)4;1-4-23(11-10-22(2)33)19-32(41(36,37)27-14-12-25(38-3)13-15-27)20-29(34)28(18-24-8-6-5-7-9-24)31-30(35)40-26-16-17-39-21-26/h8-16,24,28-29,35H,7,17-23H2,1-6H3,(H,33,36);5-9,12-15,23,26,28-29,34H,4,10-11,16-21H2,1-3H3,(H,31,35)/t24?,28-,29+;23?,26?,28-,29+/m00/s1. The molecular formula is C62H90N4O16S2. The van der Waals surface area contributed by atoms with Crippen molar-refractivity contribution in [3.05, 3.63) is 120 Å². The van der Waals surface area contributed by atoms with E-state index in [4.69, 9.17) is 33.2 Å². The molecule has 2 amide bonds. The number of nitrogens with zero attached hydrogens (tertiary/aromatic N) is 2. The summed E-state index contributed by atoms with van der Waals surface area (Å²) in [5.41, 5.74) is 0.996. The van der Waals surface area contributed by atoms with Crippen LogP contribution >= 0.6 is 0 Å². The molecule has 0 radical (unpaired) electrons. The Bertz CT molecular complexity index is 2830. The van der Waals surface area contributed by atoms with E-state index in [0.29, 0.717) is 82.9 Å². The molecule has 7 atom stereocenters. The Balaban J connectivity index is 0.000000308. The van der Waals surface area contributed by atoms with Crippen molar-refractivity contribution in [2.45, 2.75) is 158 Å². The molecule has 466 valence electrons. The van der Waals surface area contributed by atoms with Crippen LogP contribution in [0, 0.1) is 11.8 Å². The number of benzene rings is 4. The number of methoxy groups -OCH3 is 2. The summed E-state index contributed by atoms with van der Waals surface area (Å²) in [4.78, 5) is 37.3. The van der Waals surface area contributed by atoms with Gasteiger partial charge in [0.05, 0.1) is 74.7 Å². The zero-order valence-corrected chi connectivity index (χ0v) is 51.9. The molecule has 20 nitrogen and oxygen atoms in total. The van der Waals surface area contributed by atoms with E-state index in [1.807, 2.05) is 81.4 Å². The van der Waals surface area contributed by atoms with Crippen molar-refractivity contribution in [3.63, 3.8) is 0 Å². The van der Waals surface area contributed by atoms with Crippen LogP contribution < -0.4 is 20.1 Å². The summed E-state index contributed by atoms with van der Waals surface area (Å²) in [5, 5.41) is 28.6. The molecule has 0 spiro atoms. The van der Waals surface area contributed by atoms with E-state index in [2.05, 4.69) is 10.6 Å². The highest BCUT2D eigenvalue weighted by Crippen LogP contribution is 2.30. The van der Waals surface area contributed by atoms with Gasteiger partial charge in [-0.05, 0) is 132 Å². The Morgan fingerprint density at radius 1 is 0.655 bits per heavy atom. The van der Waals surface area contributed by atoms with Crippen molar-refractivity contribution in [1.82, 2.24) is 19.2 Å². The van der Waals surface area contributed by atoms with Gasteiger partial charge in [-0.3, -0.25) is 0 Å². The normalized spacial score (nSPS) is 17.4. The fourth-order valence-corrected chi connectivity index (χ4v) is 12.8. The number of ether oxygens (including phenoxy) is 7. The van der Waals surface area contributed by atoms with E-state index in [1.165, 1.54) is 54.0 Å². The molecule has 84 heavy (non-hydrogen) atoms. The number of carbonyl (C=O) groups excluding carboxylic acids is 3. The summed E-state index contributed by atoms with van der Waals surface area (Å²) in [6, 6.07) is 29.3. The highest BCUT2D eigenvalue weighted by atomic mass is 32.2. The predicted octanol–water partition coefficient (Wildman–Crippen LogP) is 8.32. The molecule has 2 heterocycles. The van der Waals surface area contributed by atoms with Crippen molar-refractivity contribution >= 4 is 38.0 Å². The zero-order valence-electron chi connectivity index (χ0n) is 50.3. The quantitative estimate of drug-likeness (QED) is 0.0369. The van der Waals surface area contributed by atoms with Gasteiger partial charge in [0.1, 0.15) is 29.0 Å². The molecule has 2 aliphatic rings. The molecule has 4 N–H and O–H groups in total. The smallest absolute Gasteiger partial charge is 0.407 e. The van der Waals surface area contributed by atoms with E-state index in [9.17, 15) is 41.4 Å². The van der Waals surface area contributed by atoms with Gasteiger partial charge in [0.25, 0.3) is 0 Å². The van der Waals surface area contributed by atoms with Crippen LogP contribution in [-0.2, 0) is 61.4 Å². The summed E-state index contributed by atoms with van der Waals surface area (Å²) < 4.78 is 96.5. The molecule has 0 saturated carbocycles. The third kappa shape index (κ3) is 22.6. The highest BCUT2D eigenvalue weighted by molar-refractivity contribution is 7.89. The fraction of sp³-hybridized carbons (Fsp3) is 0.565. The van der Waals surface area contributed by atoms with Crippen molar-refractivity contribution < 1.29 is 74.6 Å². The lowest BCUT2D eigenvalue weighted by molar-refractivity contribution is -0.149. The Kier molecular flexibility index (Phi) is 27.4. The van der Waals surface area contributed by atoms with Crippen LogP contribution in [0.2, 0.25) is 0 Å². The molecule has 2 fully saturated rings. The van der Waals surface area contributed by atoms with Crippen LogP contribution in [0.5, 0.6) is 11.5 Å². The van der Waals surface area contributed by atoms with Gasteiger partial charge in [-0.2, -0.15) is 8.61 Å². The van der Waals surface area contributed by atoms with Crippen molar-refractivity contribution in [2.75, 3.05) is 66.8 Å². The van der Waals surface area contributed by atoms with Gasteiger partial charge >= 0.3 is 12.2 Å². The molecule has 3 unspecified atom stereocenters. The second-order valence-corrected chi connectivity index (χ2v) is 26.4. The Morgan fingerprint density at radius 2 is 1.10 bits per heavy atom. The number of aliphatic hydroxyl groups excluding tert-OH is 2. The van der Waals surface area contributed by atoms with E-state index in [0.717, 1.165) is 11.1 Å². The van der Waals surface area contributed by atoms with Crippen LogP contribution in [0.1, 0.15) is 105 Å². The number of carbonyl (C=O) groups is 3. The Hall–Kier alpha value is -5.69. The number of Topliss-reactive ketones (excluding diaryl/α,β-unsaturated/α-hetero) is 1. The summed E-state index contributed by atoms with van der Waals surface area (Å²) in [5.74, 6) is 0.257. The Morgan fingerprint density at radius 3 is 1.49 bits per heavy atom. The van der Waals surface area contributed by atoms with Crippen LogP contribution in [0.3, 0.4) is 0 Å². The van der Waals surface area contributed by atoms with Gasteiger partial charge in [-0.1, -0.05) is 87.4 Å². The number of ketones is 1. The van der Waals surface area contributed by atoms with Gasteiger partial charge < -0.3 is 58.8 Å². The number of amides is 2. The second-order valence-electron chi connectivity index (χ2n) is 22.6. The lowest BCUT2D eigenvalue weighted by atomic mass is 9.96. The third-order valence-electron chi connectivity index (χ3n) is 14.8. The van der Waals surface area contributed by atoms with Crippen molar-refractivity contribution in [1.29, 1.82) is 0 Å². The number of hydrogen-bond donors (Lipinski definition) is 4. The summed E-state index contributed by atoms with van der Waals surface area (Å²) in [6.07, 6.45) is 0.383. The number of nitrogens with one attached hydrogen (secondary N) is 2. The van der Waals surface area contributed by atoms with E-state index < -0.39 is 67.9 Å². The molecule has 2 aliphatic heterocycles. The first kappa shape index (κ1) is 69.1. The molecular weight excluding hydrogens is 1120 g/mol. The minimum atomic E-state index is -4.05. The number of rotatable bonds is 31. The van der Waals surface area contributed by atoms with Gasteiger partial charge in [0, 0.05) is 45.4 Å². The number of alkyl carbamates (subject to hydrolysis) is 2. The first-order valence-corrected chi connectivity index (χ1v) is 31.8. The van der Waals surface area contributed by atoms with Gasteiger partial charge in [0.2, 0.25) is 20.0 Å². The topological polar surface area (TPSA) is 255 Å². The van der Waals surface area contributed by atoms with Crippen LogP contribution in [0.4, 0.5) is 9.59 Å². The number of aliphatic hydroxyl groups is 2. The SMILES string of the molecule is CCC(CCC(C)=O)CN(C[C@@H](O)[C@H](Cc1ccccc1)NC(=O)OC1CCOC1)S(=O)(=O)c1ccc(OC)cc1.CCC(CCC1(C)OCCO1)CN(C[C@@H](O)[C@H](Cc1ccccc1)NC(=O)OC(C)(C)C)S(=O)(=O)c1ccc(OC)cc1. The first-order chi connectivity index (χ1) is 39.9. The molecule has 0 aromatic heterocycles. The zero-order chi connectivity index (χ0) is 61.5. The minimum Gasteiger partial charge on any atom is -0.497 e. The maximum absolute atomic E-state index is 14.0. The lowest BCUT2D eigenvalue weighted by Gasteiger charge is -2.33. The van der Waals surface area contributed by atoms with E-state index in [-0.39, 0.29) is 72.5 Å². The lowest BCUT2D eigenvalue weighted by Crippen LogP contribution is -2.52. The van der Waals surface area contributed by atoms with Crippen LogP contribution in [0.25, 0.3) is 0 Å². The third-order valence-corrected chi connectivity index (χ3v) is 18.4. The molecule has 2 saturated heterocycles. The minimum absolute atomic E-state index is 0.0313. The molecule has 0 bridgehead atoms. The average Bonchev–Trinajstić information content (AvgIpc) is 3.19. The molecule has 4 aromatic carbocycles. The molecule has 22 heteroatoms. The first-order valence-electron chi connectivity index (χ1n) is 28.9. The van der Waals surface area contributed by atoms with E-state index >= 15 is 0 Å². The molecule has 4 aromatic rings. The summed E-state index contributed by atoms with van der Waals surface area (Å²) in [6.45, 7) is 14.3. The molecule has 0 aliphatic carbocycles. The molecule has 6 rings (SSSR count). The maximum atomic E-state index is 14.0. The summed E-state index contributed by atoms with van der Waals surface area (Å²) >= 11 is 0. The van der Waals surface area contributed by atoms with Crippen molar-refractivity contribution in [3.8, 4) is 11.5 Å². The van der Waals surface area contributed by atoms with Crippen LogP contribution in [-0.4, -0.2) is 162 Å². The van der Waals surface area contributed by atoms with Crippen LogP contribution in [0.15, 0.2) is 119 Å². The fourth-order valence-electron chi connectivity index (χ4n) is 9.71. The highest BCUT2D eigenvalue weighted by Gasteiger charge is 2.37. The summed E-state index contributed by atoms with van der Waals surface area (Å²) in [7, 11) is -5.06. The average molecular weight is 1210 g/mol. The monoisotopic (exact) mass is 1210 g/mol. The van der Waals surface area contributed by atoms with Gasteiger partial charge in [-0.25, -0.2) is 26.4 Å². The van der Waals surface area contributed by atoms with E-state index in [1.54, 1.807) is 45.0 Å². The predicted molar refractivity (Wildman–Crippen MR) is 319 cm³/mol. The maximum Gasteiger partial charge on any atom is 0.407 e. The van der Waals surface area contributed by atoms with Gasteiger partial charge in [-0.15, -0.1) is 0 Å². The number of hydrogen-bond acceptors (Lipinski definition) is 16. The van der Waals surface area contributed by atoms with Crippen molar-refractivity contribution in [2.24, 2.45) is 11.8 Å². The van der Waals surface area contributed by atoms with Gasteiger partial charge in [0.15, 0.2) is 5.79 Å². The number of sulfonamides is 2.